The highest BCUT2D eigenvalue weighted by Crippen LogP contribution is 2.12. The van der Waals surface area contributed by atoms with Crippen LogP contribution in [-0.4, -0.2) is 11.4 Å². The Morgan fingerprint density at radius 1 is 1.60 bits per heavy atom. The highest BCUT2D eigenvalue weighted by Gasteiger charge is 2.11. The Morgan fingerprint density at radius 2 is 2.60 bits per heavy atom. The molecule has 0 radical (unpaired) electrons. The molecule has 2 heterocycles. The molecule has 10 heavy (non-hydrogen) atoms. The van der Waals surface area contributed by atoms with Crippen LogP contribution in [0.2, 0.25) is 0 Å². The van der Waals surface area contributed by atoms with Gasteiger partial charge in [0.05, 0.1) is 6.20 Å². The SMILES string of the molecule is C1=CCN2C=CNOC2=C1. The van der Waals surface area contributed by atoms with E-state index in [0.717, 1.165) is 12.4 Å². The van der Waals surface area contributed by atoms with Gasteiger partial charge in [-0.05, 0) is 0 Å². The van der Waals surface area contributed by atoms with Crippen molar-refractivity contribution in [1.82, 2.24) is 10.4 Å². The fourth-order valence-corrected chi connectivity index (χ4v) is 0.952. The summed E-state index contributed by atoms with van der Waals surface area (Å²) in [6.07, 6.45) is 9.67. The Bertz CT molecular complexity index is 218. The van der Waals surface area contributed by atoms with E-state index in [1.807, 2.05) is 23.3 Å². The van der Waals surface area contributed by atoms with Crippen molar-refractivity contribution in [2.45, 2.75) is 0 Å². The summed E-state index contributed by atoms with van der Waals surface area (Å²) in [5.41, 5.74) is 2.66. The van der Waals surface area contributed by atoms with Crippen LogP contribution in [0.25, 0.3) is 0 Å². The molecule has 3 heteroatoms. The Labute approximate surface area is 59.2 Å². The molecule has 0 saturated carbocycles. The lowest BCUT2D eigenvalue weighted by Crippen LogP contribution is -2.28. The first kappa shape index (κ1) is 5.41. The quantitative estimate of drug-likeness (QED) is 0.530. The highest BCUT2D eigenvalue weighted by atomic mass is 16.7. The molecule has 0 unspecified atom stereocenters. The average Bonchev–Trinajstić information content (AvgIpc) is 2.05. The molecule has 1 N–H and O–H groups in total. The molecular formula is C7H8N2O. The standard InChI is InChI=1S/C7H8N2O/c1-2-5-9-6-4-8-10-7(9)3-1/h1-4,6,8H,5H2. The molecule has 0 amide bonds. The van der Waals surface area contributed by atoms with E-state index in [4.69, 9.17) is 4.84 Å². The highest BCUT2D eigenvalue weighted by molar-refractivity contribution is 5.16. The van der Waals surface area contributed by atoms with Crippen LogP contribution in [0.3, 0.4) is 0 Å². The summed E-state index contributed by atoms with van der Waals surface area (Å²) < 4.78 is 0. The molecule has 0 fully saturated rings. The van der Waals surface area contributed by atoms with Gasteiger partial charge in [-0.2, -0.15) is 0 Å². The summed E-state index contributed by atoms with van der Waals surface area (Å²) in [4.78, 5) is 7.09. The second-order valence-electron chi connectivity index (χ2n) is 2.12. The van der Waals surface area contributed by atoms with E-state index in [0.29, 0.717) is 0 Å². The third-order valence-corrected chi connectivity index (χ3v) is 1.45. The van der Waals surface area contributed by atoms with Crippen LogP contribution in [0.4, 0.5) is 0 Å². The van der Waals surface area contributed by atoms with Crippen LogP contribution in [0.5, 0.6) is 0 Å². The van der Waals surface area contributed by atoms with E-state index in [1.165, 1.54) is 0 Å². The summed E-state index contributed by atoms with van der Waals surface area (Å²) in [7, 11) is 0. The summed E-state index contributed by atoms with van der Waals surface area (Å²) in [6, 6.07) is 0. The first-order valence-corrected chi connectivity index (χ1v) is 3.19. The number of rotatable bonds is 0. The predicted molar refractivity (Wildman–Crippen MR) is 37.3 cm³/mol. The Kier molecular flexibility index (Phi) is 1.13. The van der Waals surface area contributed by atoms with E-state index in [1.54, 1.807) is 6.20 Å². The van der Waals surface area contributed by atoms with Crippen molar-refractivity contribution in [3.8, 4) is 0 Å². The summed E-state index contributed by atoms with van der Waals surface area (Å²) in [5, 5.41) is 0. The van der Waals surface area contributed by atoms with Crippen molar-refractivity contribution in [2.24, 2.45) is 0 Å². The number of nitrogens with zero attached hydrogens (tertiary/aromatic N) is 1. The van der Waals surface area contributed by atoms with Crippen LogP contribution in [0.15, 0.2) is 36.5 Å². The largest absolute Gasteiger partial charge is 0.364 e. The molecule has 0 aromatic heterocycles. The molecule has 0 atom stereocenters. The lowest BCUT2D eigenvalue weighted by molar-refractivity contribution is 0.0690. The molecule has 0 aromatic rings. The molecule has 0 aromatic carbocycles. The molecular weight excluding hydrogens is 128 g/mol. The van der Waals surface area contributed by atoms with Gasteiger partial charge in [0.15, 0.2) is 0 Å². The number of hydroxylamine groups is 1. The van der Waals surface area contributed by atoms with Gasteiger partial charge < -0.3 is 9.74 Å². The van der Waals surface area contributed by atoms with Crippen molar-refractivity contribution >= 4 is 0 Å². The van der Waals surface area contributed by atoms with Crippen LogP contribution in [0.1, 0.15) is 0 Å². The minimum Gasteiger partial charge on any atom is -0.364 e. The van der Waals surface area contributed by atoms with E-state index < -0.39 is 0 Å². The van der Waals surface area contributed by atoms with Gasteiger partial charge in [-0.15, -0.1) is 0 Å². The van der Waals surface area contributed by atoms with E-state index in [-0.39, 0.29) is 0 Å². The molecule has 2 rings (SSSR count). The molecule has 0 spiro atoms. The maximum atomic E-state index is 5.08. The zero-order chi connectivity index (χ0) is 6.81. The minimum absolute atomic E-state index is 0.852. The molecule has 2 aliphatic rings. The van der Waals surface area contributed by atoms with E-state index in [9.17, 15) is 0 Å². The molecule has 3 nitrogen and oxygen atoms in total. The lowest BCUT2D eigenvalue weighted by atomic mass is 10.3. The monoisotopic (exact) mass is 136 g/mol. The van der Waals surface area contributed by atoms with Crippen LogP contribution in [-0.2, 0) is 4.84 Å². The van der Waals surface area contributed by atoms with Gasteiger partial charge in [0.2, 0.25) is 5.88 Å². The maximum Gasteiger partial charge on any atom is 0.226 e. The fraction of sp³-hybridized carbons (Fsp3) is 0.143. The van der Waals surface area contributed by atoms with Crippen LogP contribution >= 0.6 is 0 Å². The molecule has 52 valence electrons. The molecule has 0 aliphatic carbocycles. The number of fused-ring (bicyclic) bond motifs is 1. The van der Waals surface area contributed by atoms with E-state index in [2.05, 4.69) is 11.6 Å². The number of hydrogen-bond donors (Lipinski definition) is 1. The van der Waals surface area contributed by atoms with Gasteiger partial charge in [0.1, 0.15) is 0 Å². The number of nitrogens with one attached hydrogen (secondary N) is 1. The first-order valence-electron chi connectivity index (χ1n) is 3.19. The van der Waals surface area contributed by atoms with Crippen molar-refractivity contribution in [2.75, 3.05) is 6.54 Å². The fourth-order valence-electron chi connectivity index (χ4n) is 0.952. The van der Waals surface area contributed by atoms with Crippen LogP contribution in [0, 0.1) is 0 Å². The minimum atomic E-state index is 0.852. The summed E-state index contributed by atoms with van der Waals surface area (Å²) >= 11 is 0. The van der Waals surface area contributed by atoms with Gasteiger partial charge in [-0.1, -0.05) is 12.2 Å². The van der Waals surface area contributed by atoms with Crippen LogP contribution < -0.4 is 5.48 Å². The van der Waals surface area contributed by atoms with Gasteiger partial charge in [-0.25, -0.2) is 5.48 Å². The first-order chi connectivity index (χ1) is 4.97. The second kappa shape index (κ2) is 2.10. The van der Waals surface area contributed by atoms with Crippen molar-refractivity contribution in [3.63, 3.8) is 0 Å². The summed E-state index contributed by atoms with van der Waals surface area (Å²) in [6.45, 7) is 0.893. The topological polar surface area (TPSA) is 24.5 Å². The smallest absolute Gasteiger partial charge is 0.226 e. The number of hydrogen-bond acceptors (Lipinski definition) is 3. The molecule has 0 saturated heterocycles. The van der Waals surface area contributed by atoms with Gasteiger partial charge in [0, 0.05) is 18.8 Å². The predicted octanol–water partition coefficient (Wildman–Crippen LogP) is 0.706. The summed E-state index contributed by atoms with van der Waals surface area (Å²) in [5.74, 6) is 0.852. The lowest BCUT2D eigenvalue weighted by Gasteiger charge is -2.26. The van der Waals surface area contributed by atoms with Gasteiger partial charge in [0.25, 0.3) is 0 Å². The van der Waals surface area contributed by atoms with Crippen molar-refractivity contribution in [3.05, 3.63) is 36.5 Å². The second-order valence-corrected chi connectivity index (χ2v) is 2.12. The normalized spacial score (nSPS) is 20.8. The number of allylic oxidation sites excluding steroid dienone is 2. The maximum absolute atomic E-state index is 5.08. The Balaban J connectivity index is 2.26. The third-order valence-electron chi connectivity index (χ3n) is 1.45. The van der Waals surface area contributed by atoms with Gasteiger partial charge >= 0.3 is 0 Å². The molecule has 2 aliphatic heterocycles. The van der Waals surface area contributed by atoms with Gasteiger partial charge in [-0.3, -0.25) is 0 Å². The van der Waals surface area contributed by atoms with Crippen molar-refractivity contribution in [1.29, 1.82) is 0 Å². The van der Waals surface area contributed by atoms with E-state index >= 15 is 0 Å². The molecule has 0 bridgehead atoms. The Hall–Kier alpha value is -1.38. The zero-order valence-corrected chi connectivity index (χ0v) is 5.45. The Morgan fingerprint density at radius 3 is 3.50 bits per heavy atom. The zero-order valence-electron chi connectivity index (χ0n) is 5.45. The van der Waals surface area contributed by atoms with Crippen molar-refractivity contribution < 1.29 is 4.84 Å². The third kappa shape index (κ3) is 0.757. The average molecular weight is 136 g/mol.